The smallest absolute Gasteiger partial charge is 0.352 e. The van der Waals surface area contributed by atoms with Gasteiger partial charge in [0.05, 0.1) is 11.4 Å². The van der Waals surface area contributed by atoms with Crippen LogP contribution in [0.4, 0.5) is 0 Å². The quantitative estimate of drug-likeness (QED) is 0.346. The van der Waals surface area contributed by atoms with Gasteiger partial charge in [-0.1, -0.05) is 12.1 Å². The van der Waals surface area contributed by atoms with Crippen LogP contribution in [-0.4, -0.2) is 79.6 Å². The fraction of sp³-hybridized carbons (Fsp3) is 0.375. The van der Waals surface area contributed by atoms with Gasteiger partial charge in [-0.3, -0.25) is 29.4 Å². The lowest BCUT2D eigenvalue weighted by Gasteiger charge is -2.49. The largest absolute Gasteiger partial charge is 0.477 e. The molecule has 2 aromatic rings. The number of carbonyl (C=O) groups is 3. The second kappa shape index (κ2) is 11.4. The molecule has 1 saturated heterocycles. The van der Waals surface area contributed by atoms with Crippen LogP contribution in [0.15, 0.2) is 60.1 Å². The number of β-lactam (4-membered cyclic amide) rings is 1. The highest BCUT2D eigenvalue weighted by molar-refractivity contribution is 8.00. The number of nitrogens with one attached hydrogen (secondary N) is 1. The molecule has 2 atom stereocenters. The van der Waals surface area contributed by atoms with Gasteiger partial charge in [0.2, 0.25) is 5.91 Å². The molecule has 2 N–H and O–H groups in total. The third kappa shape index (κ3) is 6.05. The number of fused-ring (bicyclic) bond motifs is 1. The van der Waals surface area contributed by atoms with Crippen molar-refractivity contribution in [1.82, 2.24) is 25.1 Å². The van der Waals surface area contributed by atoms with Crippen molar-refractivity contribution in [3.63, 3.8) is 0 Å². The third-order valence-electron chi connectivity index (χ3n) is 5.72. The van der Waals surface area contributed by atoms with E-state index in [0.29, 0.717) is 37.5 Å². The van der Waals surface area contributed by atoms with Crippen LogP contribution in [0.5, 0.6) is 0 Å². The van der Waals surface area contributed by atoms with Gasteiger partial charge in [-0.05, 0) is 24.3 Å². The van der Waals surface area contributed by atoms with Crippen LogP contribution in [0.2, 0.25) is 0 Å². The molecule has 184 valence electrons. The normalized spacial score (nSPS) is 19.4. The monoisotopic (exact) mass is 497 g/mol. The Bertz CT molecular complexity index is 1060. The number of pyridine rings is 2. The predicted octanol–water partition coefficient (Wildman–Crippen LogP) is 1.25. The molecule has 35 heavy (non-hydrogen) atoms. The van der Waals surface area contributed by atoms with Crippen molar-refractivity contribution >= 4 is 29.6 Å². The van der Waals surface area contributed by atoms with Crippen molar-refractivity contribution < 1.29 is 24.2 Å². The SMILES string of the molecule is CC(=O)OCC1=C(C(=O)O)N2C(=O)[C@@H](NCCN(Cc3ccccn3)Cc3ccccn3)C2SC1. The average Bonchev–Trinajstić information content (AvgIpc) is 2.85. The number of thioether (sulfide) groups is 1. The highest BCUT2D eigenvalue weighted by atomic mass is 32.2. The topological polar surface area (TPSA) is 125 Å². The minimum Gasteiger partial charge on any atom is -0.477 e. The minimum atomic E-state index is -1.19. The van der Waals surface area contributed by atoms with Crippen LogP contribution in [0.25, 0.3) is 0 Å². The number of carboxylic acids is 1. The van der Waals surface area contributed by atoms with Crippen LogP contribution < -0.4 is 5.32 Å². The summed E-state index contributed by atoms with van der Waals surface area (Å²) in [5.74, 6) is -1.60. The molecular weight excluding hydrogens is 470 g/mol. The van der Waals surface area contributed by atoms with Gasteiger partial charge in [0.25, 0.3) is 0 Å². The number of nitrogens with zero attached hydrogens (tertiary/aromatic N) is 4. The van der Waals surface area contributed by atoms with Gasteiger partial charge >= 0.3 is 11.9 Å². The van der Waals surface area contributed by atoms with E-state index in [1.54, 1.807) is 12.4 Å². The summed E-state index contributed by atoms with van der Waals surface area (Å²) in [5.41, 5.74) is 2.23. The van der Waals surface area contributed by atoms with E-state index in [2.05, 4.69) is 20.2 Å². The van der Waals surface area contributed by atoms with E-state index in [4.69, 9.17) is 4.74 Å². The Hall–Kier alpha value is -3.28. The van der Waals surface area contributed by atoms with Gasteiger partial charge < -0.3 is 15.2 Å². The molecule has 0 aliphatic carbocycles. The Kier molecular flexibility index (Phi) is 8.11. The molecule has 2 aliphatic heterocycles. The van der Waals surface area contributed by atoms with Gasteiger partial charge in [0, 0.05) is 56.8 Å². The number of aliphatic carboxylic acids is 1. The Balaban J connectivity index is 1.37. The summed E-state index contributed by atoms with van der Waals surface area (Å²) >= 11 is 1.47. The second-order valence-corrected chi connectivity index (χ2v) is 9.34. The summed E-state index contributed by atoms with van der Waals surface area (Å²) in [6.45, 7) is 3.58. The van der Waals surface area contributed by atoms with E-state index in [-0.39, 0.29) is 23.6 Å². The molecule has 0 aromatic carbocycles. The van der Waals surface area contributed by atoms with E-state index in [1.165, 1.54) is 23.6 Å². The standard InChI is InChI=1S/C24H27N5O5S/c1-16(30)34-14-17-15-35-23-20(22(31)29(23)21(17)24(32)33)27-10-11-28(12-18-6-2-4-8-25-18)13-19-7-3-5-9-26-19/h2-9,20,23,27H,10-15H2,1H3,(H,32,33)/t20-,23?/m1/s1. The van der Waals surface area contributed by atoms with Crippen molar-refractivity contribution in [2.24, 2.45) is 0 Å². The van der Waals surface area contributed by atoms with Crippen molar-refractivity contribution in [2.75, 3.05) is 25.4 Å². The van der Waals surface area contributed by atoms with Crippen molar-refractivity contribution in [3.05, 3.63) is 71.4 Å². The number of hydrogen-bond donors (Lipinski definition) is 2. The molecule has 0 bridgehead atoms. The summed E-state index contributed by atoms with van der Waals surface area (Å²) in [6, 6.07) is 11.1. The first kappa shape index (κ1) is 24.8. The van der Waals surface area contributed by atoms with E-state index >= 15 is 0 Å². The summed E-state index contributed by atoms with van der Waals surface area (Å²) in [5, 5.41) is 12.7. The highest BCUT2D eigenvalue weighted by Crippen LogP contribution is 2.40. The number of carboxylic acid groups (broad SMARTS) is 1. The number of hydrogen-bond acceptors (Lipinski definition) is 9. The van der Waals surface area contributed by atoms with Gasteiger partial charge in [0.15, 0.2) is 0 Å². The fourth-order valence-corrected chi connectivity index (χ4v) is 5.43. The zero-order valence-corrected chi connectivity index (χ0v) is 20.1. The number of amides is 1. The van der Waals surface area contributed by atoms with Crippen LogP contribution in [0, 0.1) is 0 Å². The number of aromatic nitrogens is 2. The molecule has 0 spiro atoms. The molecule has 1 unspecified atom stereocenters. The van der Waals surface area contributed by atoms with Crippen molar-refractivity contribution in [2.45, 2.75) is 31.4 Å². The first-order chi connectivity index (χ1) is 16.9. The average molecular weight is 498 g/mol. The molecule has 4 heterocycles. The fourth-order valence-electron chi connectivity index (χ4n) is 4.07. The molecule has 0 radical (unpaired) electrons. The van der Waals surface area contributed by atoms with Gasteiger partial charge in [0.1, 0.15) is 23.7 Å². The third-order valence-corrected chi connectivity index (χ3v) is 7.05. The Labute approximate surface area is 207 Å². The first-order valence-corrected chi connectivity index (χ1v) is 12.3. The molecule has 11 heteroatoms. The number of carbonyl (C=O) groups excluding carboxylic acids is 2. The summed E-state index contributed by atoms with van der Waals surface area (Å²) in [7, 11) is 0. The molecule has 4 rings (SSSR count). The van der Waals surface area contributed by atoms with E-state index in [9.17, 15) is 19.5 Å². The lowest BCUT2D eigenvalue weighted by atomic mass is 10.0. The van der Waals surface area contributed by atoms with E-state index < -0.39 is 18.0 Å². The zero-order chi connectivity index (χ0) is 24.8. The molecule has 0 saturated carbocycles. The van der Waals surface area contributed by atoms with Crippen LogP contribution in [0.1, 0.15) is 18.3 Å². The maximum absolute atomic E-state index is 12.9. The summed E-state index contributed by atoms with van der Waals surface area (Å²) in [6.07, 6.45) is 3.52. The number of rotatable bonds is 11. The second-order valence-electron chi connectivity index (χ2n) is 8.23. The van der Waals surface area contributed by atoms with E-state index in [0.717, 1.165) is 11.4 Å². The van der Waals surface area contributed by atoms with Gasteiger partial charge in [-0.15, -0.1) is 11.8 Å². The molecule has 1 amide bonds. The molecule has 1 fully saturated rings. The summed E-state index contributed by atoms with van der Waals surface area (Å²) < 4.78 is 4.98. The molecule has 10 nitrogen and oxygen atoms in total. The van der Waals surface area contributed by atoms with Crippen molar-refractivity contribution in [3.8, 4) is 0 Å². The lowest BCUT2D eigenvalue weighted by Crippen LogP contribution is -2.70. The van der Waals surface area contributed by atoms with Gasteiger partial charge in [-0.25, -0.2) is 4.79 Å². The number of ether oxygens (including phenoxy) is 1. The lowest BCUT2D eigenvalue weighted by molar-refractivity contribution is -0.149. The predicted molar refractivity (Wildman–Crippen MR) is 129 cm³/mol. The minimum absolute atomic E-state index is 0.0787. The zero-order valence-electron chi connectivity index (χ0n) is 19.3. The van der Waals surface area contributed by atoms with Crippen molar-refractivity contribution in [1.29, 1.82) is 0 Å². The summed E-state index contributed by atoms with van der Waals surface area (Å²) in [4.78, 5) is 48.2. The van der Waals surface area contributed by atoms with E-state index in [1.807, 2.05) is 36.4 Å². The van der Waals surface area contributed by atoms with Crippen LogP contribution in [0.3, 0.4) is 0 Å². The first-order valence-electron chi connectivity index (χ1n) is 11.2. The van der Waals surface area contributed by atoms with Crippen LogP contribution in [-0.2, 0) is 32.2 Å². The molecular formula is C24H27N5O5S. The number of esters is 1. The highest BCUT2D eigenvalue weighted by Gasteiger charge is 2.53. The molecule has 2 aromatic heterocycles. The maximum atomic E-state index is 12.9. The Morgan fingerprint density at radius 3 is 2.37 bits per heavy atom. The van der Waals surface area contributed by atoms with Gasteiger partial charge in [-0.2, -0.15) is 0 Å². The maximum Gasteiger partial charge on any atom is 0.352 e. The Morgan fingerprint density at radius 1 is 1.17 bits per heavy atom. The van der Waals surface area contributed by atoms with Crippen LogP contribution >= 0.6 is 11.8 Å². The molecule has 2 aliphatic rings. The Morgan fingerprint density at radius 2 is 1.83 bits per heavy atom.